The maximum absolute atomic E-state index is 11.9. The van der Waals surface area contributed by atoms with Crippen molar-refractivity contribution in [3.05, 3.63) is 47.0 Å². The molecule has 0 N–H and O–H groups in total. The van der Waals surface area contributed by atoms with E-state index in [9.17, 15) is 4.79 Å². The molecule has 0 amide bonds. The maximum Gasteiger partial charge on any atom is 0.309 e. The standard InChI is InChI=1S/C19H26O3/c1-5-19(13-18(20)21-6-2)12-15(4)11-17(22-19)16-9-7-14(3)8-10-16/h7-10,12,17H,5-6,11,13H2,1-4H3/t17-,19+/m1/s1. The van der Waals surface area contributed by atoms with Crippen LogP contribution in [0.2, 0.25) is 0 Å². The Bertz CT molecular complexity index is 544. The summed E-state index contributed by atoms with van der Waals surface area (Å²) < 4.78 is 11.5. The van der Waals surface area contributed by atoms with E-state index in [0.29, 0.717) is 6.61 Å². The SMILES string of the molecule is CCOC(=O)C[C@]1(CC)C=C(C)C[C@H](c2ccc(C)cc2)O1. The molecule has 0 saturated carbocycles. The summed E-state index contributed by atoms with van der Waals surface area (Å²) in [6.07, 6.45) is 4.00. The van der Waals surface area contributed by atoms with E-state index in [1.807, 2.05) is 6.92 Å². The van der Waals surface area contributed by atoms with Crippen molar-refractivity contribution >= 4 is 5.97 Å². The van der Waals surface area contributed by atoms with Crippen LogP contribution in [0.5, 0.6) is 0 Å². The van der Waals surface area contributed by atoms with E-state index in [0.717, 1.165) is 12.8 Å². The number of benzene rings is 1. The second kappa shape index (κ2) is 7.10. The summed E-state index contributed by atoms with van der Waals surface area (Å²) in [4.78, 5) is 11.9. The second-order valence-electron chi connectivity index (χ2n) is 6.11. The minimum absolute atomic E-state index is 0.0000217. The Kier molecular flexibility index (Phi) is 5.41. The third-order valence-electron chi connectivity index (χ3n) is 4.19. The first-order valence-electron chi connectivity index (χ1n) is 8.06. The zero-order chi connectivity index (χ0) is 16.2. The molecule has 3 heteroatoms. The average molecular weight is 302 g/mol. The molecule has 0 fully saturated rings. The molecule has 0 aliphatic carbocycles. The summed E-state index contributed by atoms with van der Waals surface area (Å²) in [6, 6.07) is 8.43. The van der Waals surface area contributed by atoms with E-state index >= 15 is 0 Å². The van der Waals surface area contributed by atoms with Gasteiger partial charge in [0.1, 0.15) is 0 Å². The van der Waals surface area contributed by atoms with Gasteiger partial charge in [0.15, 0.2) is 0 Å². The highest BCUT2D eigenvalue weighted by atomic mass is 16.5. The number of hydrogen-bond donors (Lipinski definition) is 0. The Morgan fingerprint density at radius 2 is 1.95 bits per heavy atom. The Hall–Kier alpha value is -1.61. The van der Waals surface area contributed by atoms with E-state index in [2.05, 4.69) is 51.1 Å². The fourth-order valence-corrected chi connectivity index (χ4v) is 2.99. The van der Waals surface area contributed by atoms with Gasteiger partial charge in [0.25, 0.3) is 0 Å². The van der Waals surface area contributed by atoms with Gasteiger partial charge in [-0.3, -0.25) is 4.79 Å². The number of rotatable bonds is 5. The van der Waals surface area contributed by atoms with Crippen LogP contribution in [-0.4, -0.2) is 18.2 Å². The Morgan fingerprint density at radius 3 is 2.55 bits per heavy atom. The highest BCUT2D eigenvalue weighted by molar-refractivity contribution is 5.71. The maximum atomic E-state index is 11.9. The molecule has 0 saturated heterocycles. The van der Waals surface area contributed by atoms with Gasteiger partial charge in [-0.25, -0.2) is 0 Å². The summed E-state index contributed by atoms with van der Waals surface area (Å²) in [5.41, 5.74) is 3.12. The lowest BCUT2D eigenvalue weighted by Crippen LogP contribution is -2.37. The number of ether oxygens (including phenoxy) is 2. The molecule has 1 aliphatic rings. The number of esters is 1. The first-order chi connectivity index (χ1) is 10.5. The molecule has 120 valence electrons. The molecule has 1 aromatic rings. The van der Waals surface area contributed by atoms with E-state index in [1.165, 1.54) is 16.7 Å². The number of carbonyl (C=O) groups excluding carboxylic acids is 1. The van der Waals surface area contributed by atoms with E-state index in [1.54, 1.807) is 0 Å². The van der Waals surface area contributed by atoms with Crippen molar-refractivity contribution in [2.45, 2.75) is 58.7 Å². The average Bonchev–Trinajstić information content (AvgIpc) is 2.47. The second-order valence-corrected chi connectivity index (χ2v) is 6.11. The predicted octanol–water partition coefficient (Wildman–Crippen LogP) is 4.50. The van der Waals surface area contributed by atoms with E-state index in [-0.39, 0.29) is 18.5 Å². The summed E-state index contributed by atoms with van der Waals surface area (Å²) in [5, 5.41) is 0. The van der Waals surface area contributed by atoms with Gasteiger partial charge in [-0.15, -0.1) is 0 Å². The molecule has 3 nitrogen and oxygen atoms in total. The minimum Gasteiger partial charge on any atom is -0.466 e. The molecule has 0 aromatic heterocycles. The third kappa shape index (κ3) is 3.98. The summed E-state index contributed by atoms with van der Waals surface area (Å²) in [5.74, 6) is -0.196. The van der Waals surface area contributed by atoms with Crippen LogP contribution in [0.25, 0.3) is 0 Å². The minimum atomic E-state index is -0.551. The Labute approximate surface area is 133 Å². The topological polar surface area (TPSA) is 35.5 Å². The van der Waals surface area contributed by atoms with Crippen LogP contribution in [0.3, 0.4) is 0 Å². The molecule has 22 heavy (non-hydrogen) atoms. The summed E-state index contributed by atoms with van der Waals surface area (Å²) in [7, 11) is 0. The van der Waals surface area contributed by atoms with Gasteiger partial charge < -0.3 is 9.47 Å². The van der Waals surface area contributed by atoms with Crippen molar-refractivity contribution in [1.29, 1.82) is 0 Å². The lowest BCUT2D eigenvalue weighted by molar-refractivity contribution is -0.153. The lowest BCUT2D eigenvalue weighted by atomic mass is 9.87. The van der Waals surface area contributed by atoms with Crippen molar-refractivity contribution < 1.29 is 14.3 Å². The molecule has 0 spiro atoms. The normalized spacial score (nSPS) is 24.7. The first-order valence-corrected chi connectivity index (χ1v) is 8.06. The molecule has 0 unspecified atom stereocenters. The van der Waals surface area contributed by atoms with E-state index in [4.69, 9.17) is 9.47 Å². The third-order valence-corrected chi connectivity index (χ3v) is 4.19. The van der Waals surface area contributed by atoms with Crippen LogP contribution in [0, 0.1) is 6.92 Å². The van der Waals surface area contributed by atoms with Gasteiger partial charge in [0, 0.05) is 0 Å². The largest absolute Gasteiger partial charge is 0.466 e. The van der Waals surface area contributed by atoms with Gasteiger partial charge in [-0.2, -0.15) is 0 Å². The van der Waals surface area contributed by atoms with Gasteiger partial charge in [0.05, 0.1) is 24.7 Å². The highest BCUT2D eigenvalue weighted by Gasteiger charge is 2.37. The Morgan fingerprint density at radius 1 is 1.27 bits per heavy atom. The van der Waals surface area contributed by atoms with Crippen molar-refractivity contribution in [3.8, 4) is 0 Å². The zero-order valence-electron chi connectivity index (χ0n) is 14.0. The van der Waals surface area contributed by atoms with Crippen LogP contribution in [0.1, 0.15) is 57.3 Å². The molecule has 0 bridgehead atoms. The van der Waals surface area contributed by atoms with Crippen molar-refractivity contribution in [1.82, 2.24) is 0 Å². The van der Waals surface area contributed by atoms with Crippen molar-refractivity contribution in [2.24, 2.45) is 0 Å². The van der Waals surface area contributed by atoms with Crippen LogP contribution >= 0.6 is 0 Å². The number of carbonyl (C=O) groups is 1. The summed E-state index contributed by atoms with van der Waals surface area (Å²) >= 11 is 0. The fourth-order valence-electron chi connectivity index (χ4n) is 2.99. The monoisotopic (exact) mass is 302 g/mol. The zero-order valence-corrected chi connectivity index (χ0v) is 14.0. The molecular weight excluding hydrogens is 276 g/mol. The number of hydrogen-bond acceptors (Lipinski definition) is 3. The fraction of sp³-hybridized carbons (Fsp3) is 0.526. The molecule has 1 aromatic carbocycles. The smallest absolute Gasteiger partial charge is 0.309 e. The molecular formula is C19H26O3. The van der Waals surface area contributed by atoms with Crippen molar-refractivity contribution in [2.75, 3.05) is 6.61 Å². The molecule has 0 radical (unpaired) electrons. The van der Waals surface area contributed by atoms with Crippen LogP contribution < -0.4 is 0 Å². The molecule has 2 rings (SSSR count). The first kappa shape index (κ1) is 16.8. The van der Waals surface area contributed by atoms with Gasteiger partial charge in [-0.1, -0.05) is 48.4 Å². The Balaban J connectivity index is 2.22. The van der Waals surface area contributed by atoms with Gasteiger partial charge >= 0.3 is 5.97 Å². The van der Waals surface area contributed by atoms with E-state index < -0.39 is 5.60 Å². The van der Waals surface area contributed by atoms with Gasteiger partial charge in [0.2, 0.25) is 0 Å². The summed E-state index contributed by atoms with van der Waals surface area (Å²) in [6.45, 7) is 8.48. The quantitative estimate of drug-likeness (QED) is 0.593. The molecule has 1 heterocycles. The number of aryl methyl sites for hydroxylation is 1. The lowest BCUT2D eigenvalue weighted by Gasteiger charge is -2.38. The van der Waals surface area contributed by atoms with Crippen LogP contribution in [-0.2, 0) is 14.3 Å². The molecule has 1 aliphatic heterocycles. The predicted molar refractivity (Wildman–Crippen MR) is 87.7 cm³/mol. The highest BCUT2D eigenvalue weighted by Crippen LogP contribution is 2.40. The van der Waals surface area contributed by atoms with Crippen LogP contribution in [0.15, 0.2) is 35.9 Å². The molecule has 2 atom stereocenters. The van der Waals surface area contributed by atoms with Crippen molar-refractivity contribution in [3.63, 3.8) is 0 Å². The van der Waals surface area contributed by atoms with Gasteiger partial charge in [-0.05, 0) is 39.2 Å². The van der Waals surface area contributed by atoms with Crippen LogP contribution in [0.4, 0.5) is 0 Å².